The number of hydrogen-bond acceptors (Lipinski definition) is 4. The van der Waals surface area contributed by atoms with Crippen LogP contribution in [0.1, 0.15) is 6.92 Å². The highest BCUT2D eigenvalue weighted by atomic mass is 35.5. The number of nitrogens with zero attached hydrogens (tertiary/aromatic N) is 2. The van der Waals surface area contributed by atoms with Crippen molar-refractivity contribution in [3.63, 3.8) is 0 Å². The number of halogens is 1. The number of nitrogens with one attached hydrogen (secondary N) is 1. The molecule has 1 aliphatic heterocycles. The van der Waals surface area contributed by atoms with Gasteiger partial charge in [-0.15, -0.1) is 5.53 Å². The Morgan fingerprint density at radius 2 is 1.93 bits per heavy atom. The Bertz CT molecular complexity index is 363. The summed E-state index contributed by atoms with van der Waals surface area (Å²) in [7, 11) is 0. The van der Waals surface area contributed by atoms with Gasteiger partial charge in [0.1, 0.15) is 0 Å². The Hall–Kier alpha value is -1.23. The fourth-order valence-electron chi connectivity index (χ4n) is 1.30. The molecule has 2 rings (SSSR count). The Balaban J connectivity index is 2.25. The Labute approximate surface area is 86.9 Å². The summed E-state index contributed by atoms with van der Waals surface area (Å²) in [5.41, 5.74) is 4.54. The molecule has 1 aromatic rings. The SMILES string of the molecule is CC1=CN(O)NN1c1ccc(Cl)cc1. The van der Waals surface area contributed by atoms with Crippen molar-refractivity contribution < 1.29 is 5.21 Å². The number of allylic oxidation sites excluding steroid dienone is 1. The van der Waals surface area contributed by atoms with Gasteiger partial charge in [0.25, 0.3) is 0 Å². The van der Waals surface area contributed by atoms with Crippen LogP contribution in [-0.2, 0) is 0 Å². The van der Waals surface area contributed by atoms with Crippen molar-refractivity contribution in [1.82, 2.24) is 10.7 Å². The molecule has 0 atom stereocenters. The second kappa shape index (κ2) is 3.49. The third kappa shape index (κ3) is 1.68. The minimum absolute atomic E-state index is 0.690. The van der Waals surface area contributed by atoms with Crippen LogP contribution in [0.2, 0.25) is 5.02 Å². The van der Waals surface area contributed by atoms with Gasteiger partial charge in [0, 0.05) is 5.02 Å². The van der Waals surface area contributed by atoms with Gasteiger partial charge in [0.15, 0.2) is 0 Å². The maximum atomic E-state index is 9.16. The van der Waals surface area contributed by atoms with E-state index < -0.39 is 0 Å². The third-order valence-corrected chi connectivity index (χ3v) is 2.20. The molecule has 14 heavy (non-hydrogen) atoms. The standard InChI is InChI=1S/C9H10ClN3O/c1-7-6-12(14)11-13(7)9-4-2-8(10)3-5-9/h2-6,11,14H,1H3. The molecular weight excluding hydrogens is 202 g/mol. The summed E-state index contributed by atoms with van der Waals surface area (Å²) in [4.78, 5) is 0. The Kier molecular flexibility index (Phi) is 2.33. The summed E-state index contributed by atoms with van der Waals surface area (Å²) in [5, 5.41) is 12.5. The van der Waals surface area contributed by atoms with Crippen molar-refractivity contribution in [2.45, 2.75) is 6.92 Å². The fraction of sp³-hybridized carbons (Fsp3) is 0.111. The second-order valence-electron chi connectivity index (χ2n) is 3.03. The summed E-state index contributed by atoms with van der Waals surface area (Å²) in [6.45, 7) is 1.89. The molecule has 0 fully saturated rings. The van der Waals surface area contributed by atoms with Crippen molar-refractivity contribution in [2.75, 3.05) is 5.01 Å². The number of hydrazine groups is 2. The summed E-state index contributed by atoms with van der Waals surface area (Å²) >= 11 is 5.77. The van der Waals surface area contributed by atoms with E-state index in [1.54, 1.807) is 23.3 Å². The normalized spacial score (nSPS) is 16.1. The molecule has 4 nitrogen and oxygen atoms in total. The highest BCUT2D eigenvalue weighted by molar-refractivity contribution is 6.30. The maximum absolute atomic E-state index is 9.16. The van der Waals surface area contributed by atoms with Crippen LogP contribution in [0.15, 0.2) is 36.2 Å². The topological polar surface area (TPSA) is 38.7 Å². The molecule has 1 aromatic carbocycles. The highest BCUT2D eigenvalue weighted by Crippen LogP contribution is 2.22. The number of rotatable bonds is 1. The minimum Gasteiger partial charge on any atom is -0.272 e. The zero-order chi connectivity index (χ0) is 10.1. The van der Waals surface area contributed by atoms with E-state index in [0.717, 1.165) is 16.6 Å². The van der Waals surface area contributed by atoms with E-state index in [9.17, 15) is 0 Å². The van der Waals surface area contributed by atoms with Crippen LogP contribution in [0, 0.1) is 0 Å². The average Bonchev–Trinajstić information content (AvgIpc) is 2.47. The van der Waals surface area contributed by atoms with Crippen LogP contribution in [0.3, 0.4) is 0 Å². The first-order chi connectivity index (χ1) is 6.66. The smallest absolute Gasteiger partial charge is 0.0686 e. The van der Waals surface area contributed by atoms with Gasteiger partial charge in [-0.1, -0.05) is 11.6 Å². The molecule has 74 valence electrons. The predicted octanol–water partition coefficient (Wildman–Crippen LogP) is 2.13. The molecule has 0 saturated heterocycles. The Morgan fingerprint density at radius 1 is 1.29 bits per heavy atom. The van der Waals surface area contributed by atoms with Crippen molar-refractivity contribution in [3.05, 3.63) is 41.2 Å². The van der Waals surface area contributed by atoms with Crippen LogP contribution in [0.5, 0.6) is 0 Å². The van der Waals surface area contributed by atoms with Crippen LogP contribution in [0.25, 0.3) is 0 Å². The van der Waals surface area contributed by atoms with Gasteiger partial charge in [-0.3, -0.25) is 10.2 Å². The monoisotopic (exact) mass is 211 g/mol. The third-order valence-electron chi connectivity index (χ3n) is 1.95. The average molecular weight is 212 g/mol. The predicted molar refractivity (Wildman–Crippen MR) is 54.4 cm³/mol. The summed E-state index contributed by atoms with van der Waals surface area (Å²) in [5.74, 6) is 0. The van der Waals surface area contributed by atoms with Gasteiger partial charge in [-0.05, 0) is 31.2 Å². The minimum atomic E-state index is 0.690. The molecule has 0 amide bonds. The number of hydroxylamine groups is 1. The lowest BCUT2D eigenvalue weighted by Crippen LogP contribution is -2.38. The lowest BCUT2D eigenvalue weighted by Gasteiger charge is -2.20. The maximum Gasteiger partial charge on any atom is 0.0686 e. The molecule has 5 heteroatoms. The molecule has 0 bridgehead atoms. The largest absolute Gasteiger partial charge is 0.272 e. The van der Waals surface area contributed by atoms with E-state index in [1.165, 1.54) is 0 Å². The molecule has 1 aliphatic rings. The molecule has 0 saturated carbocycles. The number of anilines is 1. The lowest BCUT2D eigenvalue weighted by atomic mass is 10.3. The summed E-state index contributed by atoms with van der Waals surface area (Å²) < 4.78 is 0. The molecule has 0 spiro atoms. The zero-order valence-corrected chi connectivity index (χ0v) is 8.36. The van der Waals surface area contributed by atoms with Crippen molar-refractivity contribution >= 4 is 17.3 Å². The van der Waals surface area contributed by atoms with E-state index in [1.807, 2.05) is 19.1 Å². The van der Waals surface area contributed by atoms with Gasteiger partial charge in [-0.25, -0.2) is 0 Å². The van der Waals surface area contributed by atoms with E-state index in [4.69, 9.17) is 16.8 Å². The molecule has 2 N–H and O–H groups in total. The van der Waals surface area contributed by atoms with Gasteiger partial charge < -0.3 is 0 Å². The second-order valence-corrected chi connectivity index (χ2v) is 3.46. The van der Waals surface area contributed by atoms with E-state index in [-0.39, 0.29) is 0 Å². The van der Waals surface area contributed by atoms with Crippen LogP contribution in [0.4, 0.5) is 5.69 Å². The summed E-state index contributed by atoms with van der Waals surface area (Å²) in [6, 6.07) is 7.33. The van der Waals surface area contributed by atoms with Gasteiger partial charge >= 0.3 is 0 Å². The number of hydrogen-bond donors (Lipinski definition) is 2. The van der Waals surface area contributed by atoms with Crippen LogP contribution in [-0.4, -0.2) is 10.4 Å². The molecule has 0 aromatic heterocycles. The first kappa shape index (κ1) is 9.33. The van der Waals surface area contributed by atoms with Crippen LogP contribution >= 0.6 is 11.6 Å². The van der Waals surface area contributed by atoms with Crippen LogP contribution < -0.4 is 10.5 Å². The molecule has 0 unspecified atom stereocenters. The molecule has 1 heterocycles. The van der Waals surface area contributed by atoms with E-state index >= 15 is 0 Å². The van der Waals surface area contributed by atoms with Gasteiger partial charge in [0.2, 0.25) is 0 Å². The van der Waals surface area contributed by atoms with Gasteiger partial charge in [0.05, 0.1) is 17.6 Å². The number of benzene rings is 1. The van der Waals surface area contributed by atoms with E-state index in [2.05, 4.69) is 5.53 Å². The first-order valence-corrected chi connectivity index (χ1v) is 4.53. The van der Waals surface area contributed by atoms with E-state index in [0.29, 0.717) is 5.02 Å². The van der Waals surface area contributed by atoms with Gasteiger partial charge in [-0.2, -0.15) is 5.17 Å². The van der Waals surface area contributed by atoms with Crippen molar-refractivity contribution in [2.24, 2.45) is 0 Å². The first-order valence-electron chi connectivity index (χ1n) is 4.15. The molecular formula is C9H10ClN3O. The zero-order valence-electron chi connectivity index (χ0n) is 7.61. The van der Waals surface area contributed by atoms with Crippen molar-refractivity contribution in [1.29, 1.82) is 0 Å². The lowest BCUT2D eigenvalue weighted by molar-refractivity contribution is -0.0791. The fourth-order valence-corrected chi connectivity index (χ4v) is 1.42. The Morgan fingerprint density at radius 3 is 2.43 bits per heavy atom. The van der Waals surface area contributed by atoms with Crippen molar-refractivity contribution in [3.8, 4) is 0 Å². The molecule has 0 aliphatic carbocycles. The highest BCUT2D eigenvalue weighted by Gasteiger charge is 2.16. The summed E-state index contributed by atoms with van der Waals surface area (Å²) in [6.07, 6.45) is 1.58. The quantitative estimate of drug-likeness (QED) is 0.747. The molecule has 0 radical (unpaired) electrons.